The van der Waals surface area contributed by atoms with E-state index in [2.05, 4.69) is 5.32 Å². The van der Waals surface area contributed by atoms with Gasteiger partial charge in [-0.15, -0.1) is 0 Å². The Hall–Kier alpha value is -2.98. The van der Waals surface area contributed by atoms with Crippen molar-refractivity contribution < 1.29 is 22.7 Å². The number of halogens is 3. The van der Waals surface area contributed by atoms with Crippen LogP contribution in [0.15, 0.2) is 71.6 Å². The highest BCUT2D eigenvalue weighted by Gasteiger charge is 2.36. The molecule has 1 N–H and O–H groups in total. The molecule has 0 radical (unpaired) electrons. The minimum Gasteiger partial charge on any atom is -0.495 e. The second-order valence-electron chi connectivity index (χ2n) is 10.6. The minimum absolute atomic E-state index is 0.0110. The van der Waals surface area contributed by atoms with Crippen LogP contribution >= 0.6 is 34.8 Å². The fourth-order valence-electron chi connectivity index (χ4n) is 5.41. The van der Waals surface area contributed by atoms with Gasteiger partial charge in [0, 0.05) is 33.2 Å². The lowest BCUT2D eigenvalue weighted by Crippen LogP contribution is -2.54. The molecular formula is C32H36Cl3N3O5S. The first kappa shape index (κ1) is 33.9. The standard InChI is InChI=1S/C32H36Cl3N3O5S/c1-3-28(32(40)36-23-11-6-4-7-12-23)37(20-25-26(34)15-10-16-27(25)35)31(39)21-38(29-19-22(33)17-18-30(29)43-2)44(41,42)24-13-8-5-9-14-24/h5,8-10,13-19,23,28H,3-4,6-7,11-12,20-21H2,1-2H3,(H,36,40). The third kappa shape index (κ3) is 7.99. The first-order valence-electron chi connectivity index (χ1n) is 14.5. The molecular weight excluding hydrogens is 645 g/mol. The maximum absolute atomic E-state index is 14.4. The van der Waals surface area contributed by atoms with Crippen molar-refractivity contribution in [1.82, 2.24) is 10.2 Å². The molecule has 1 aliphatic carbocycles. The topological polar surface area (TPSA) is 96.0 Å². The van der Waals surface area contributed by atoms with Crippen LogP contribution in [0.25, 0.3) is 0 Å². The summed E-state index contributed by atoms with van der Waals surface area (Å²) in [6.07, 6.45) is 5.17. The minimum atomic E-state index is -4.30. The normalized spacial score (nSPS) is 14.5. The molecule has 4 rings (SSSR count). The fourth-order valence-corrected chi connectivity index (χ4v) is 7.53. The Morgan fingerprint density at radius 2 is 1.61 bits per heavy atom. The summed E-state index contributed by atoms with van der Waals surface area (Å²) in [5.41, 5.74) is 0.526. The van der Waals surface area contributed by atoms with Crippen molar-refractivity contribution in [2.24, 2.45) is 0 Å². The van der Waals surface area contributed by atoms with Crippen molar-refractivity contribution >= 4 is 62.3 Å². The largest absolute Gasteiger partial charge is 0.495 e. The molecule has 0 saturated heterocycles. The van der Waals surface area contributed by atoms with Crippen LogP contribution in [0.1, 0.15) is 51.0 Å². The van der Waals surface area contributed by atoms with E-state index in [0.29, 0.717) is 15.6 Å². The number of carbonyl (C=O) groups excluding carboxylic acids is 2. The zero-order valence-corrected chi connectivity index (χ0v) is 27.7. The molecule has 1 atom stereocenters. The maximum Gasteiger partial charge on any atom is 0.264 e. The molecule has 1 unspecified atom stereocenters. The zero-order valence-electron chi connectivity index (χ0n) is 24.6. The van der Waals surface area contributed by atoms with Gasteiger partial charge in [0.15, 0.2) is 0 Å². The smallest absolute Gasteiger partial charge is 0.264 e. The van der Waals surface area contributed by atoms with Crippen LogP contribution in [-0.2, 0) is 26.2 Å². The molecule has 0 aliphatic heterocycles. The SMILES string of the molecule is CCC(C(=O)NC1CCCCC1)N(Cc1c(Cl)cccc1Cl)C(=O)CN(c1cc(Cl)ccc1OC)S(=O)(=O)c1ccccc1. The van der Waals surface area contributed by atoms with Crippen molar-refractivity contribution in [3.05, 3.63) is 87.4 Å². The number of rotatable bonds is 12. The number of nitrogens with one attached hydrogen (secondary N) is 1. The van der Waals surface area contributed by atoms with E-state index in [1.54, 1.807) is 49.4 Å². The Bertz CT molecular complexity index is 1550. The molecule has 1 fully saturated rings. The first-order chi connectivity index (χ1) is 21.1. The summed E-state index contributed by atoms with van der Waals surface area (Å²) in [4.78, 5) is 29.4. The van der Waals surface area contributed by atoms with Crippen LogP contribution in [0, 0.1) is 0 Å². The number of hydrogen-bond acceptors (Lipinski definition) is 5. The van der Waals surface area contributed by atoms with E-state index < -0.39 is 28.5 Å². The highest BCUT2D eigenvalue weighted by Crippen LogP contribution is 2.35. The average molecular weight is 681 g/mol. The highest BCUT2D eigenvalue weighted by atomic mass is 35.5. The van der Waals surface area contributed by atoms with Crippen LogP contribution in [0.4, 0.5) is 5.69 Å². The Labute approximate surface area is 274 Å². The van der Waals surface area contributed by atoms with Gasteiger partial charge in [0.25, 0.3) is 10.0 Å². The van der Waals surface area contributed by atoms with Crippen molar-refractivity contribution in [3.63, 3.8) is 0 Å². The van der Waals surface area contributed by atoms with Gasteiger partial charge < -0.3 is 15.0 Å². The van der Waals surface area contributed by atoms with E-state index in [1.165, 1.54) is 36.3 Å². The Morgan fingerprint density at radius 1 is 0.955 bits per heavy atom. The molecule has 12 heteroatoms. The maximum atomic E-state index is 14.4. The number of amides is 2. The zero-order chi connectivity index (χ0) is 31.9. The van der Waals surface area contributed by atoms with Crippen molar-refractivity contribution in [1.29, 1.82) is 0 Å². The lowest BCUT2D eigenvalue weighted by Gasteiger charge is -2.35. The number of carbonyl (C=O) groups is 2. The third-order valence-electron chi connectivity index (χ3n) is 7.75. The number of nitrogens with zero attached hydrogens (tertiary/aromatic N) is 2. The second-order valence-corrected chi connectivity index (χ2v) is 13.7. The molecule has 2 amide bonds. The monoisotopic (exact) mass is 679 g/mol. The number of anilines is 1. The van der Waals surface area contributed by atoms with Gasteiger partial charge in [-0.3, -0.25) is 13.9 Å². The van der Waals surface area contributed by atoms with Crippen LogP contribution < -0.4 is 14.4 Å². The van der Waals surface area contributed by atoms with Gasteiger partial charge in [-0.1, -0.05) is 85.3 Å². The number of methoxy groups -OCH3 is 1. The quantitative estimate of drug-likeness (QED) is 0.220. The Balaban J connectivity index is 1.78. The lowest BCUT2D eigenvalue weighted by atomic mass is 9.95. The van der Waals surface area contributed by atoms with Gasteiger partial charge in [0.2, 0.25) is 11.8 Å². The van der Waals surface area contributed by atoms with Crippen molar-refractivity contribution in [2.45, 2.75) is 69.0 Å². The summed E-state index contributed by atoms with van der Waals surface area (Å²) in [5.74, 6) is -0.744. The molecule has 44 heavy (non-hydrogen) atoms. The Kier molecular flexibility index (Phi) is 11.8. The summed E-state index contributed by atoms with van der Waals surface area (Å²) in [7, 11) is -2.90. The van der Waals surface area contributed by atoms with Crippen molar-refractivity contribution in [3.8, 4) is 5.75 Å². The predicted molar refractivity (Wildman–Crippen MR) is 175 cm³/mol. The molecule has 0 spiro atoms. The van der Waals surface area contributed by atoms with E-state index in [4.69, 9.17) is 39.5 Å². The summed E-state index contributed by atoms with van der Waals surface area (Å²) in [5, 5.41) is 4.01. The van der Waals surface area contributed by atoms with Gasteiger partial charge in [-0.2, -0.15) is 0 Å². The lowest BCUT2D eigenvalue weighted by molar-refractivity contribution is -0.140. The molecule has 3 aromatic rings. The van der Waals surface area contributed by atoms with E-state index in [9.17, 15) is 18.0 Å². The molecule has 0 heterocycles. The summed E-state index contributed by atoms with van der Waals surface area (Å²) >= 11 is 19.3. The van der Waals surface area contributed by atoms with Crippen molar-refractivity contribution in [2.75, 3.05) is 18.0 Å². The molecule has 1 aliphatic rings. The molecule has 1 saturated carbocycles. The molecule has 0 bridgehead atoms. The highest BCUT2D eigenvalue weighted by molar-refractivity contribution is 7.92. The van der Waals surface area contributed by atoms with Crippen LogP contribution in [-0.4, -0.2) is 50.9 Å². The van der Waals surface area contributed by atoms with E-state index >= 15 is 0 Å². The van der Waals surface area contributed by atoms with E-state index in [1.807, 2.05) is 0 Å². The molecule has 3 aromatic carbocycles. The van der Waals surface area contributed by atoms with Gasteiger partial charge in [0.05, 0.1) is 17.7 Å². The average Bonchev–Trinajstić information content (AvgIpc) is 3.01. The van der Waals surface area contributed by atoms with Gasteiger partial charge >= 0.3 is 0 Å². The van der Waals surface area contributed by atoms with E-state index in [0.717, 1.165) is 36.4 Å². The molecule has 0 aromatic heterocycles. The van der Waals surface area contributed by atoms with Crippen LogP contribution in [0.2, 0.25) is 15.1 Å². The van der Waals surface area contributed by atoms with Crippen LogP contribution in [0.5, 0.6) is 5.75 Å². The summed E-state index contributed by atoms with van der Waals surface area (Å²) < 4.78 is 34.7. The summed E-state index contributed by atoms with van der Waals surface area (Å²) in [6.45, 7) is 1.04. The molecule has 236 valence electrons. The van der Waals surface area contributed by atoms with Gasteiger partial charge in [-0.05, 0) is 61.7 Å². The van der Waals surface area contributed by atoms with E-state index in [-0.39, 0.29) is 46.3 Å². The fraction of sp³-hybridized carbons (Fsp3) is 0.375. The number of hydrogen-bond donors (Lipinski definition) is 1. The number of ether oxygens (including phenoxy) is 1. The number of sulfonamides is 1. The van der Waals surface area contributed by atoms with Gasteiger partial charge in [0.1, 0.15) is 18.3 Å². The predicted octanol–water partition coefficient (Wildman–Crippen LogP) is 7.11. The Morgan fingerprint density at radius 3 is 2.23 bits per heavy atom. The van der Waals surface area contributed by atoms with Gasteiger partial charge in [-0.25, -0.2) is 8.42 Å². The number of benzene rings is 3. The molecule has 8 nitrogen and oxygen atoms in total. The second kappa shape index (κ2) is 15.3. The third-order valence-corrected chi connectivity index (χ3v) is 10.5. The van der Waals surface area contributed by atoms with Crippen LogP contribution in [0.3, 0.4) is 0 Å². The first-order valence-corrected chi connectivity index (χ1v) is 17.1. The summed E-state index contributed by atoms with van der Waals surface area (Å²) in [6, 6.07) is 16.4.